The molecule has 112 valence electrons. The minimum Gasteiger partial charge on any atom is -0.372 e. The summed E-state index contributed by atoms with van der Waals surface area (Å²) in [6, 6.07) is 0.386. The predicted octanol–water partition coefficient (Wildman–Crippen LogP) is 3.51. The van der Waals surface area contributed by atoms with E-state index in [9.17, 15) is 4.79 Å². The molecule has 0 heterocycles. The van der Waals surface area contributed by atoms with Crippen LogP contribution >= 0.6 is 0 Å². The molecule has 0 aliphatic heterocycles. The van der Waals surface area contributed by atoms with Gasteiger partial charge < -0.3 is 10.1 Å². The topological polar surface area (TPSA) is 38.3 Å². The van der Waals surface area contributed by atoms with Crippen LogP contribution in [0.2, 0.25) is 0 Å². The van der Waals surface area contributed by atoms with Gasteiger partial charge in [-0.05, 0) is 38.5 Å². The van der Waals surface area contributed by atoms with Crippen LogP contribution in [0.4, 0.5) is 0 Å². The normalized spacial score (nSPS) is 19.7. The number of carbonyl (C=O) groups excluding carboxylic acids is 1. The zero-order valence-electron chi connectivity index (χ0n) is 12.4. The van der Waals surface area contributed by atoms with Gasteiger partial charge in [0.15, 0.2) is 0 Å². The highest BCUT2D eigenvalue weighted by Gasteiger charge is 2.15. The molecular weight excluding hydrogens is 250 g/mol. The lowest BCUT2D eigenvalue weighted by Crippen LogP contribution is -2.38. The second-order valence-corrected chi connectivity index (χ2v) is 5.82. The van der Waals surface area contributed by atoms with Crippen molar-refractivity contribution in [3.05, 3.63) is 23.8 Å². The fourth-order valence-electron chi connectivity index (χ4n) is 2.91. The molecule has 0 aromatic rings. The molecule has 0 bridgehead atoms. The van der Waals surface area contributed by atoms with Gasteiger partial charge in [-0.3, -0.25) is 4.79 Å². The van der Waals surface area contributed by atoms with Gasteiger partial charge in [0.25, 0.3) is 0 Å². The number of amides is 1. The molecular formula is C17H27NO2. The third-order valence-electron chi connectivity index (χ3n) is 4.03. The van der Waals surface area contributed by atoms with Crippen molar-refractivity contribution < 1.29 is 9.53 Å². The quantitative estimate of drug-likeness (QED) is 0.723. The third kappa shape index (κ3) is 5.91. The second-order valence-electron chi connectivity index (χ2n) is 5.82. The molecule has 1 N–H and O–H groups in total. The van der Waals surface area contributed by atoms with Crippen molar-refractivity contribution in [1.82, 2.24) is 5.32 Å². The zero-order valence-corrected chi connectivity index (χ0v) is 12.4. The number of ether oxygens (including phenoxy) is 1. The van der Waals surface area contributed by atoms with E-state index >= 15 is 0 Å². The van der Waals surface area contributed by atoms with Crippen LogP contribution in [-0.2, 0) is 9.53 Å². The number of hydrogen-bond acceptors (Lipinski definition) is 2. The second kappa shape index (κ2) is 8.96. The van der Waals surface area contributed by atoms with Gasteiger partial charge in [0.05, 0.1) is 0 Å². The number of carbonyl (C=O) groups is 1. The smallest absolute Gasteiger partial charge is 0.246 e. The summed E-state index contributed by atoms with van der Waals surface area (Å²) in [6.45, 7) is 0.884. The molecule has 0 unspecified atom stereocenters. The maximum Gasteiger partial charge on any atom is 0.246 e. The van der Waals surface area contributed by atoms with Crippen LogP contribution in [0, 0.1) is 0 Å². The first-order valence-electron chi connectivity index (χ1n) is 8.07. The average molecular weight is 277 g/mol. The van der Waals surface area contributed by atoms with Crippen LogP contribution in [0.3, 0.4) is 0 Å². The molecule has 1 saturated carbocycles. The first-order valence-corrected chi connectivity index (χ1v) is 8.07. The van der Waals surface area contributed by atoms with Crippen molar-refractivity contribution in [3.8, 4) is 0 Å². The molecule has 1 amide bonds. The largest absolute Gasteiger partial charge is 0.372 e. The van der Waals surface area contributed by atoms with Gasteiger partial charge in [0, 0.05) is 12.6 Å². The Morgan fingerprint density at radius 2 is 2.10 bits per heavy atom. The van der Waals surface area contributed by atoms with Gasteiger partial charge in [-0.2, -0.15) is 0 Å². The lowest BCUT2D eigenvalue weighted by atomic mass is 9.95. The SMILES string of the molecule is O=C(COCCCC1=CCCC=C1)NC1CCCCC1. The molecule has 3 heteroatoms. The first-order chi connectivity index (χ1) is 9.84. The van der Waals surface area contributed by atoms with E-state index < -0.39 is 0 Å². The van der Waals surface area contributed by atoms with Gasteiger partial charge in [0.1, 0.15) is 6.61 Å². The Bertz CT molecular complexity index is 354. The molecule has 2 aliphatic carbocycles. The molecule has 2 rings (SSSR count). The van der Waals surface area contributed by atoms with Crippen molar-refractivity contribution >= 4 is 5.91 Å². The van der Waals surface area contributed by atoms with E-state index in [0.29, 0.717) is 12.6 Å². The summed E-state index contributed by atoms with van der Waals surface area (Å²) >= 11 is 0. The van der Waals surface area contributed by atoms with Gasteiger partial charge in [-0.1, -0.05) is 43.1 Å². The summed E-state index contributed by atoms with van der Waals surface area (Å²) in [6.07, 6.45) is 17.2. The van der Waals surface area contributed by atoms with Crippen molar-refractivity contribution in [2.24, 2.45) is 0 Å². The Kier molecular flexibility index (Phi) is 6.85. The Morgan fingerprint density at radius 1 is 1.25 bits per heavy atom. The first kappa shape index (κ1) is 15.3. The summed E-state index contributed by atoms with van der Waals surface area (Å²) in [7, 11) is 0. The monoisotopic (exact) mass is 277 g/mol. The Hall–Kier alpha value is -1.09. The van der Waals surface area contributed by atoms with Crippen LogP contribution in [0.15, 0.2) is 23.8 Å². The summed E-state index contributed by atoms with van der Waals surface area (Å²) in [5, 5.41) is 3.07. The highest BCUT2D eigenvalue weighted by molar-refractivity contribution is 5.77. The minimum absolute atomic E-state index is 0.0497. The number of hydrogen-bond donors (Lipinski definition) is 1. The van der Waals surface area contributed by atoms with Crippen LogP contribution < -0.4 is 5.32 Å². The fourth-order valence-corrected chi connectivity index (χ4v) is 2.91. The third-order valence-corrected chi connectivity index (χ3v) is 4.03. The Morgan fingerprint density at radius 3 is 2.85 bits per heavy atom. The zero-order chi connectivity index (χ0) is 14.0. The average Bonchev–Trinajstić information content (AvgIpc) is 2.49. The van der Waals surface area contributed by atoms with Crippen molar-refractivity contribution in [3.63, 3.8) is 0 Å². The van der Waals surface area contributed by atoms with Crippen molar-refractivity contribution in [2.75, 3.05) is 13.2 Å². The Labute approximate surface area is 122 Å². The molecule has 3 nitrogen and oxygen atoms in total. The maximum atomic E-state index is 11.7. The fraction of sp³-hybridized carbons (Fsp3) is 0.706. The highest BCUT2D eigenvalue weighted by atomic mass is 16.5. The van der Waals surface area contributed by atoms with Gasteiger partial charge in [0.2, 0.25) is 5.91 Å². The maximum absolute atomic E-state index is 11.7. The van der Waals surface area contributed by atoms with E-state index in [-0.39, 0.29) is 12.5 Å². The number of rotatable bonds is 7. The van der Waals surface area contributed by atoms with Crippen LogP contribution in [-0.4, -0.2) is 25.2 Å². The summed E-state index contributed by atoms with van der Waals surface area (Å²) < 4.78 is 5.46. The molecule has 0 spiro atoms. The van der Waals surface area contributed by atoms with E-state index in [1.54, 1.807) is 0 Å². The number of nitrogens with one attached hydrogen (secondary N) is 1. The van der Waals surface area contributed by atoms with Gasteiger partial charge >= 0.3 is 0 Å². The van der Waals surface area contributed by atoms with Gasteiger partial charge in [-0.25, -0.2) is 0 Å². The molecule has 0 radical (unpaired) electrons. The number of allylic oxidation sites excluding steroid dienone is 4. The predicted molar refractivity (Wildman–Crippen MR) is 81.5 cm³/mol. The Balaban J connectivity index is 1.48. The van der Waals surface area contributed by atoms with Crippen molar-refractivity contribution in [2.45, 2.75) is 63.8 Å². The molecule has 0 aromatic heterocycles. The summed E-state index contributed by atoms with van der Waals surface area (Å²) in [5.41, 5.74) is 1.41. The molecule has 20 heavy (non-hydrogen) atoms. The lowest BCUT2D eigenvalue weighted by molar-refractivity contribution is -0.126. The van der Waals surface area contributed by atoms with Crippen LogP contribution in [0.25, 0.3) is 0 Å². The molecule has 0 atom stereocenters. The van der Waals surface area contributed by atoms with E-state index in [1.807, 2.05) is 0 Å². The van der Waals surface area contributed by atoms with E-state index in [0.717, 1.165) is 32.1 Å². The van der Waals surface area contributed by atoms with Crippen molar-refractivity contribution in [1.29, 1.82) is 0 Å². The standard InChI is InChI=1S/C17H27NO2/c19-17(18-16-11-5-2-6-12-16)14-20-13-7-10-15-8-3-1-4-9-15/h3,8-9,16H,1-2,4-7,10-14H2,(H,18,19). The molecule has 2 aliphatic rings. The molecule has 0 aromatic carbocycles. The van der Waals surface area contributed by atoms with Gasteiger partial charge in [-0.15, -0.1) is 0 Å². The molecule has 0 saturated heterocycles. The van der Waals surface area contributed by atoms with E-state index in [2.05, 4.69) is 23.5 Å². The van der Waals surface area contributed by atoms with E-state index in [1.165, 1.54) is 31.3 Å². The summed E-state index contributed by atoms with van der Waals surface area (Å²) in [5.74, 6) is 0.0497. The molecule has 1 fully saturated rings. The lowest BCUT2D eigenvalue weighted by Gasteiger charge is -2.22. The minimum atomic E-state index is 0.0497. The van der Waals surface area contributed by atoms with Crippen LogP contribution in [0.5, 0.6) is 0 Å². The van der Waals surface area contributed by atoms with Crippen LogP contribution in [0.1, 0.15) is 57.8 Å². The highest BCUT2D eigenvalue weighted by Crippen LogP contribution is 2.17. The van der Waals surface area contributed by atoms with E-state index in [4.69, 9.17) is 4.74 Å². The summed E-state index contributed by atoms with van der Waals surface area (Å²) in [4.78, 5) is 11.7.